The van der Waals surface area contributed by atoms with Gasteiger partial charge in [-0.3, -0.25) is 0 Å². The fourth-order valence-corrected chi connectivity index (χ4v) is 5.17. The maximum absolute atomic E-state index is 3.73. The molecule has 0 saturated heterocycles. The molecule has 0 amide bonds. The Bertz CT molecular complexity index is 104. The van der Waals surface area contributed by atoms with E-state index in [4.69, 9.17) is 0 Å². The minimum absolute atomic E-state index is 0.107. The SMILES string of the molecule is C=CCCC[CH2][Zn][CH2]CCCC=C. The maximum atomic E-state index is 3.73. The van der Waals surface area contributed by atoms with Gasteiger partial charge in [0.1, 0.15) is 0 Å². The first kappa shape index (κ1) is 13.1. The average molecular weight is 232 g/mol. The third-order valence-electron chi connectivity index (χ3n) is 2.32. The molecule has 72 valence electrons. The van der Waals surface area contributed by atoms with E-state index in [-0.39, 0.29) is 17.1 Å². The van der Waals surface area contributed by atoms with Gasteiger partial charge in [0.25, 0.3) is 0 Å². The van der Waals surface area contributed by atoms with Crippen LogP contribution in [0.1, 0.15) is 38.5 Å². The number of unbranched alkanes of at least 4 members (excludes halogenated alkanes) is 4. The van der Waals surface area contributed by atoms with Crippen LogP contribution in [-0.2, 0) is 17.1 Å². The molecule has 0 aliphatic carbocycles. The molecule has 13 heavy (non-hydrogen) atoms. The molecular formula is C12H22Zn. The second-order valence-corrected chi connectivity index (χ2v) is 8.08. The van der Waals surface area contributed by atoms with E-state index in [1.54, 1.807) is 10.0 Å². The van der Waals surface area contributed by atoms with Crippen molar-refractivity contribution in [1.29, 1.82) is 0 Å². The van der Waals surface area contributed by atoms with E-state index in [0.717, 1.165) is 0 Å². The second kappa shape index (κ2) is 12.1. The summed E-state index contributed by atoms with van der Waals surface area (Å²) in [7, 11) is 0. The van der Waals surface area contributed by atoms with E-state index in [2.05, 4.69) is 13.2 Å². The standard InChI is InChI=1S/2C6H11.Zn/c2*1-3-5-6-4-2;/h2*3H,1-2,4-6H2;. The van der Waals surface area contributed by atoms with Crippen LogP contribution < -0.4 is 0 Å². The summed E-state index contributed by atoms with van der Waals surface area (Å²) in [5, 5.41) is 3.18. The van der Waals surface area contributed by atoms with Gasteiger partial charge in [0.05, 0.1) is 0 Å². The summed E-state index contributed by atoms with van der Waals surface area (Å²) in [4.78, 5) is 0. The Morgan fingerprint density at radius 1 is 0.769 bits per heavy atom. The van der Waals surface area contributed by atoms with Crippen LogP contribution in [-0.4, -0.2) is 0 Å². The van der Waals surface area contributed by atoms with Crippen LogP contribution in [0.5, 0.6) is 0 Å². The molecule has 0 aliphatic rings. The summed E-state index contributed by atoms with van der Waals surface area (Å²) in [6.07, 6.45) is 12.2. The van der Waals surface area contributed by atoms with Crippen molar-refractivity contribution in [2.24, 2.45) is 0 Å². The van der Waals surface area contributed by atoms with Crippen molar-refractivity contribution in [2.75, 3.05) is 0 Å². The molecular weight excluding hydrogens is 210 g/mol. The molecule has 0 heterocycles. The van der Waals surface area contributed by atoms with Gasteiger partial charge in [-0.05, 0) is 0 Å². The number of hydrogen-bond donors (Lipinski definition) is 0. The van der Waals surface area contributed by atoms with Gasteiger partial charge in [-0.1, -0.05) is 0 Å². The summed E-state index contributed by atoms with van der Waals surface area (Å²) in [6.45, 7) is 7.47. The molecule has 0 spiro atoms. The van der Waals surface area contributed by atoms with Crippen LogP contribution in [0.2, 0.25) is 10.0 Å². The Kier molecular flexibility index (Phi) is 12.2. The first-order chi connectivity index (χ1) is 6.41. The Hall–Kier alpha value is 0.103. The van der Waals surface area contributed by atoms with Gasteiger partial charge < -0.3 is 0 Å². The van der Waals surface area contributed by atoms with E-state index in [9.17, 15) is 0 Å². The average Bonchev–Trinajstić information content (AvgIpc) is 2.16. The summed E-state index contributed by atoms with van der Waals surface area (Å²) in [5.74, 6) is 0. The number of allylic oxidation sites excluding steroid dienone is 2. The second-order valence-electron chi connectivity index (χ2n) is 3.63. The summed E-state index contributed by atoms with van der Waals surface area (Å²) in [6, 6.07) is 0. The van der Waals surface area contributed by atoms with Crippen molar-refractivity contribution in [3.05, 3.63) is 25.3 Å². The number of rotatable bonds is 10. The molecule has 0 atom stereocenters. The van der Waals surface area contributed by atoms with Crippen molar-refractivity contribution < 1.29 is 17.1 Å². The van der Waals surface area contributed by atoms with Gasteiger partial charge in [-0.15, -0.1) is 0 Å². The molecule has 0 nitrogen and oxygen atoms in total. The van der Waals surface area contributed by atoms with Gasteiger partial charge in [0.2, 0.25) is 0 Å². The topological polar surface area (TPSA) is 0 Å². The van der Waals surface area contributed by atoms with Crippen molar-refractivity contribution in [3.63, 3.8) is 0 Å². The van der Waals surface area contributed by atoms with Crippen molar-refractivity contribution >= 4 is 0 Å². The summed E-state index contributed by atoms with van der Waals surface area (Å²) in [5.41, 5.74) is 0. The van der Waals surface area contributed by atoms with Crippen LogP contribution in [0.4, 0.5) is 0 Å². The molecule has 0 saturated carbocycles. The molecule has 0 aromatic carbocycles. The van der Waals surface area contributed by atoms with Crippen molar-refractivity contribution in [3.8, 4) is 0 Å². The normalized spacial score (nSPS) is 9.23. The molecule has 0 aliphatic heterocycles. The summed E-state index contributed by atoms with van der Waals surface area (Å²) >= 11 is -0.107. The van der Waals surface area contributed by atoms with E-state index < -0.39 is 0 Å². The fourth-order valence-electron chi connectivity index (χ4n) is 1.46. The van der Waals surface area contributed by atoms with Crippen LogP contribution >= 0.6 is 0 Å². The van der Waals surface area contributed by atoms with Crippen LogP contribution in [0.25, 0.3) is 0 Å². The predicted molar refractivity (Wildman–Crippen MR) is 57.7 cm³/mol. The molecule has 0 rings (SSSR count). The van der Waals surface area contributed by atoms with Crippen molar-refractivity contribution in [2.45, 2.75) is 48.6 Å². The van der Waals surface area contributed by atoms with E-state index in [1.165, 1.54) is 38.5 Å². The van der Waals surface area contributed by atoms with E-state index >= 15 is 0 Å². The quantitative estimate of drug-likeness (QED) is 0.292. The molecule has 0 bridgehead atoms. The summed E-state index contributed by atoms with van der Waals surface area (Å²) < 4.78 is 0. The van der Waals surface area contributed by atoms with Gasteiger partial charge in [0.15, 0.2) is 0 Å². The number of hydrogen-bond acceptors (Lipinski definition) is 0. The molecule has 0 aromatic heterocycles. The van der Waals surface area contributed by atoms with Crippen LogP contribution in [0, 0.1) is 0 Å². The molecule has 0 aromatic rings. The van der Waals surface area contributed by atoms with Crippen molar-refractivity contribution in [1.82, 2.24) is 0 Å². The molecule has 0 fully saturated rings. The molecule has 0 N–H and O–H groups in total. The van der Waals surface area contributed by atoms with Gasteiger partial charge in [-0.2, -0.15) is 0 Å². The van der Waals surface area contributed by atoms with E-state index in [1.807, 2.05) is 12.2 Å². The molecule has 0 unspecified atom stereocenters. The Labute approximate surface area is 91.1 Å². The Balaban J connectivity index is 2.83. The van der Waals surface area contributed by atoms with E-state index in [0.29, 0.717) is 0 Å². The fraction of sp³-hybridized carbons (Fsp3) is 0.667. The Morgan fingerprint density at radius 2 is 1.23 bits per heavy atom. The van der Waals surface area contributed by atoms with Gasteiger partial charge >= 0.3 is 91.0 Å². The van der Waals surface area contributed by atoms with Gasteiger partial charge in [-0.25, -0.2) is 0 Å². The predicted octanol–water partition coefficient (Wildman–Crippen LogP) is 4.62. The third kappa shape index (κ3) is 12.1. The van der Waals surface area contributed by atoms with Crippen LogP contribution in [0.3, 0.4) is 0 Å². The monoisotopic (exact) mass is 230 g/mol. The zero-order valence-electron chi connectivity index (χ0n) is 8.93. The van der Waals surface area contributed by atoms with Crippen LogP contribution in [0.15, 0.2) is 25.3 Å². The minimum atomic E-state index is -0.107. The molecule has 1 heteroatoms. The Morgan fingerprint density at radius 3 is 1.62 bits per heavy atom. The first-order valence-corrected chi connectivity index (χ1v) is 9.83. The third-order valence-corrected chi connectivity index (χ3v) is 6.51. The van der Waals surface area contributed by atoms with Gasteiger partial charge in [0, 0.05) is 0 Å². The molecule has 0 radical (unpaired) electrons. The zero-order valence-corrected chi connectivity index (χ0v) is 11.9. The zero-order chi connectivity index (χ0) is 9.78. The first-order valence-electron chi connectivity index (χ1n) is 5.63.